The number of anilines is 3. The first kappa shape index (κ1) is 47.9. The van der Waals surface area contributed by atoms with Crippen molar-refractivity contribution in [3.63, 3.8) is 0 Å². The number of benzene rings is 3. The van der Waals surface area contributed by atoms with Crippen LogP contribution in [0, 0.1) is 17.0 Å². The molecule has 3 amide bonds. The molecule has 0 saturated carbocycles. The van der Waals surface area contributed by atoms with Gasteiger partial charge in [-0.1, -0.05) is 18.2 Å². The van der Waals surface area contributed by atoms with Gasteiger partial charge in [0.15, 0.2) is 11.4 Å². The number of imidazole rings is 1. The van der Waals surface area contributed by atoms with Crippen LogP contribution < -0.4 is 41.6 Å². The lowest BCUT2D eigenvalue weighted by Crippen LogP contribution is -2.27. The second kappa shape index (κ2) is 22.2. The maximum Gasteiger partial charge on any atom is 0.412 e. The van der Waals surface area contributed by atoms with Gasteiger partial charge in [0.25, 0.3) is 11.6 Å². The fourth-order valence-corrected chi connectivity index (χ4v) is 5.99. The summed E-state index contributed by atoms with van der Waals surface area (Å²) >= 11 is 0. The van der Waals surface area contributed by atoms with Crippen molar-refractivity contribution in [2.24, 2.45) is 11.5 Å². The molecule has 3 aromatic carbocycles. The van der Waals surface area contributed by atoms with E-state index in [2.05, 4.69) is 31.8 Å². The van der Waals surface area contributed by atoms with Crippen molar-refractivity contribution < 1.29 is 43.0 Å². The molecule has 0 aliphatic carbocycles. The summed E-state index contributed by atoms with van der Waals surface area (Å²) in [6.45, 7) is 9.70. The molecular formula is C43H52N10O10. The number of nitrogens with two attached hydrogens (primary N) is 2. The number of hydrogen-bond acceptors (Lipinski definition) is 14. The van der Waals surface area contributed by atoms with Gasteiger partial charge in [-0.2, -0.15) is 5.10 Å². The smallest absolute Gasteiger partial charge is 0.412 e. The number of nitrogens with zero attached hydrogens (tertiary/aromatic N) is 5. The van der Waals surface area contributed by atoms with E-state index >= 15 is 0 Å². The van der Waals surface area contributed by atoms with Crippen LogP contribution in [0.15, 0.2) is 78.9 Å². The van der Waals surface area contributed by atoms with Crippen molar-refractivity contribution >= 4 is 58.2 Å². The van der Waals surface area contributed by atoms with Crippen LogP contribution in [0.3, 0.4) is 0 Å². The summed E-state index contributed by atoms with van der Waals surface area (Å²) in [7, 11) is 2.95. The van der Waals surface area contributed by atoms with E-state index in [1.54, 1.807) is 104 Å². The zero-order valence-electron chi connectivity index (χ0n) is 36.1. The molecule has 5 aromatic rings. The third-order valence-electron chi connectivity index (χ3n) is 8.59. The van der Waals surface area contributed by atoms with Gasteiger partial charge >= 0.3 is 6.09 Å². The van der Waals surface area contributed by atoms with Gasteiger partial charge in [0.2, 0.25) is 11.9 Å². The maximum absolute atomic E-state index is 13.4. The number of aldehydes is 1. The van der Waals surface area contributed by atoms with Crippen molar-refractivity contribution in [2.75, 3.05) is 49.9 Å². The van der Waals surface area contributed by atoms with Crippen molar-refractivity contribution in [1.29, 1.82) is 0 Å². The molecular weight excluding hydrogens is 817 g/mol. The van der Waals surface area contributed by atoms with Crippen LogP contribution in [0.1, 0.15) is 64.6 Å². The summed E-state index contributed by atoms with van der Waals surface area (Å²) in [5.74, 6) is -0.316. The number of carbonyl (C=O) groups excluding carboxylic acids is 4. The normalized spacial score (nSPS) is 11.2. The van der Waals surface area contributed by atoms with Gasteiger partial charge in [-0.25, -0.2) is 9.78 Å². The molecule has 0 aliphatic rings. The Labute approximate surface area is 363 Å². The molecule has 20 heteroatoms. The Kier molecular flexibility index (Phi) is 16.9. The van der Waals surface area contributed by atoms with Gasteiger partial charge in [0.1, 0.15) is 47.8 Å². The topological polar surface area (TPSA) is 272 Å². The zero-order valence-corrected chi connectivity index (χ0v) is 36.1. The molecule has 0 saturated heterocycles. The molecule has 0 bridgehead atoms. The van der Waals surface area contributed by atoms with Gasteiger partial charge < -0.3 is 40.3 Å². The molecule has 0 aliphatic heterocycles. The summed E-state index contributed by atoms with van der Waals surface area (Å²) in [5.41, 5.74) is 11.5. The minimum absolute atomic E-state index is 0.00512. The number of ether oxygens (including phenoxy) is 4. The van der Waals surface area contributed by atoms with E-state index in [0.717, 1.165) is 6.07 Å². The minimum atomic E-state index is -0.882. The van der Waals surface area contributed by atoms with E-state index in [1.165, 1.54) is 20.2 Å². The van der Waals surface area contributed by atoms with E-state index < -0.39 is 34.1 Å². The summed E-state index contributed by atoms with van der Waals surface area (Å²) in [5, 5.41) is 25.1. The van der Waals surface area contributed by atoms with Crippen molar-refractivity contribution in [2.45, 2.75) is 53.3 Å². The number of carbonyl (C=O) groups is 4. The molecule has 0 spiro atoms. The first-order chi connectivity index (χ1) is 30.1. The number of methoxy groups -OCH3 is 1. The van der Waals surface area contributed by atoms with Gasteiger partial charge in [-0.05, 0) is 90.2 Å². The number of nitro groups is 1. The molecule has 5 rings (SSSR count). The van der Waals surface area contributed by atoms with Crippen molar-refractivity contribution in [3.05, 3.63) is 112 Å². The standard InChI is InChI=1S/C42H47N9O10.CH5N/c1-7-50-33(19-26(2)48-50)39(54)47-40-46-31-20-27(25-52)21-35(58-6)37(31)49(40)16-9-8-15-44-36-32(51(56)57)22-28(38(43)53)23-34(36)60-18-11-10-17-59-30-14-12-13-29(24-30)45-41(55)61-42(3,4)5;1-2/h8-14,19-25,44H,7,15-18H2,1-6H3,(H2,43,53)(H,45,55)(H,46,47,54);2H2,1H3/b9-8+,11-10+;. The Morgan fingerprint density at radius 3 is 2.33 bits per heavy atom. The molecule has 334 valence electrons. The number of hydrogen-bond donors (Lipinski definition) is 5. The minimum Gasteiger partial charge on any atom is -0.494 e. The lowest BCUT2D eigenvalue weighted by molar-refractivity contribution is -0.384. The van der Waals surface area contributed by atoms with Crippen LogP contribution in [0.4, 0.5) is 27.8 Å². The molecule has 0 fully saturated rings. The Hall–Kier alpha value is -7.74. The summed E-state index contributed by atoms with van der Waals surface area (Å²) in [6, 6.07) is 13.9. The maximum atomic E-state index is 13.4. The Morgan fingerprint density at radius 1 is 0.952 bits per heavy atom. The van der Waals surface area contributed by atoms with Crippen LogP contribution in [0.5, 0.6) is 17.2 Å². The lowest BCUT2D eigenvalue weighted by Gasteiger charge is -2.19. The second-order valence-electron chi connectivity index (χ2n) is 14.3. The highest BCUT2D eigenvalue weighted by Crippen LogP contribution is 2.36. The Bertz CT molecular complexity index is 2500. The number of aromatic nitrogens is 4. The highest BCUT2D eigenvalue weighted by Gasteiger charge is 2.23. The molecule has 2 aromatic heterocycles. The molecule has 7 N–H and O–H groups in total. The first-order valence-electron chi connectivity index (χ1n) is 19.6. The predicted molar refractivity (Wildman–Crippen MR) is 238 cm³/mol. The average Bonchev–Trinajstić information content (AvgIpc) is 3.80. The largest absolute Gasteiger partial charge is 0.494 e. The monoisotopic (exact) mass is 868 g/mol. The molecule has 2 heterocycles. The van der Waals surface area contributed by atoms with E-state index in [0.29, 0.717) is 58.0 Å². The molecule has 0 atom stereocenters. The number of nitrogens with one attached hydrogen (secondary N) is 3. The average molecular weight is 869 g/mol. The van der Waals surface area contributed by atoms with Crippen LogP contribution in [0.2, 0.25) is 0 Å². The number of fused-ring (bicyclic) bond motifs is 1. The molecule has 63 heavy (non-hydrogen) atoms. The van der Waals surface area contributed by atoms with Gasteiger partial charge in [-0.3, -0.25) is 39.8 Å². The number of aryl methyl sites for hydroxylation is 2. The first-order valence-corrected chi connectivity index (χ1v) is 19.6. The Morgan fingerprint density at radius 2 is 1.68 bits per heavy atom. The molecule has 0 radical (unpaired) electrons. The SMILES string of the molecule is CCn1nc(C)cc1C(=O)Nc1nc2cc(C=O)cc(OC)c2n1C/C=C/CNc1c(OC/C=C/COc2cccc(NC(=O)OC(C)(C)C)c2)cc(C(N)=O)cc1[N+](=O)[O-].CN. The van der Waals surface area contributed by atoms with Crippen LogP contribution in [-0.2, 0) is 17.8 Å². The third kappa shape index (κ3) is 13.1. The summed E-state index contributed by atoms with van der Waals surface area (Å²) in [4.78, 5) is 65.5. The van der Waals surface area contributed by atoms with E-state index in [9.17, 15) is 29.3 Å². The lowest BCUT2D eigenvalue weighted by atomic mass is 10.1. The van der Waals surface area contributed by atoms with Gasteiger partial charge in [0.05, 0.1) is 23.2 Å². The van der Waals surface area contributed by atoms with Gasteiger partial charge in [0, 0.05) is 48.6 Å². The highest BCUT2D eigenvalue weighted by atomic mass is 16.6. The Balaban J connectivity index is 0.00000429. The van der Waals surface area contributed by atoms with E-state index in [-0.39, 0.29) is 49.3 Å². The highest BCUT2D eigenvalue weighted by molar-refractivity contribution is 6.03. The number of allylic oxidation sites excluding steroid dienone is 1. The van der Waals surface area contributed by atoms with Gasteiger partial charge in [-0.15, -0.1) is 0 Å². The fraction of sp³-hybridized carbons (Fsp3) is 0.302. The number of primary amides is 1. The van der Waals surface area contributed by atoms with E-state index in [4.69, 9.17) is 24.7 Å². The quantitative estimate of drug-likeness (QED) is 0.0266. The van der Waals surface area contributed by atoms with Crippen LogP contribution in [0.25, 0.3) is 11.0 Å². The zero-order chi connectivity index (χ0) is 46.3. The van der Waals surface area contributed by atoms with Crippen molar-refractivity contribution in [1.82, 2.24) is 19.3 Å². The van der Waals surface area contributed by atoms with Crippen LogP contribution in [-0.4, -0.2) is 88.0 Å². The summed E-state index contributed by atoms with van der Waals surface area (Å²) < 4.78 is 25.8. The van der Waals surface area contributed by atoms with Crippen LogP contribution >= 0.6 is 0 Å². The predicted octanol–water partition coefficient (Wildman–Crippen LogP) is 6.25. The van der Waals surface area contributed by atoms with E-state index in [1.807, 2.05) is 6.92 Å². The molecule has 0 unspecified atom stereocenters. The number of nitro benzene ring substituents is 1. The number of rotatable bonds is 19. The third-order valence-corrected chi connectivity index (χ3v) is 8.59. The number of amides is 3. The summed E-state index contributed by atoms with van der Waals surface area (Å²) in [6.07, 6.45) is 6.81. The van der Waals surface area contributed by atoms with Crippen molar-refractivity contribution in [3.8, 4) is 17.2 Å². The second-order valence-corrected chi connectivity index (χ2v) is 14.3. The molecule has 20 nitrogen and oxygen atoms in total. The fourth-order valence-electron chi connectivity index (χ4n) is 5.99.